The molecule has 1 aromatic carbocycles. The van der Waals surface area contributed by atoms with Crippen molar-refractivity contribution in [1.82, 2.24) is 4.98 Å². The van der Waals surface area contributed by atoms with Crippen molar-refractivity contribution in [1.29, 1.82) is 0 Å². The van der Waals surface area contributed by atoms with Crippen LogP contribution in [0.2, 0.25) is 0 Å². The Morgan fingerprint density at radius 3 is 2.44 bits per heavy atom. The second-order valence-corrected chi connectivity index (χ2v) is 3.90. The first-order chi connectivity index (χ1) is 7.81. The Kier molecular flexibility index (Phi) is 3.20. The Balaban J connectivity index is 2.35. The van der Waals surface area contributed by atoms with E-state index in [1.807, 2.05) is 18.2 Å². The zero-order valence-corrected chi connectivity index (χ0v) is 9.48. The Bertz CT molecular complexity index is 463. The van der Waals surface area contributed by atoms with E-state index in [0.717, 1.165) is 29.7 Å². The summed E-state index contributed by atoms with van der Waals surface area (Å²) < 4.78 is 0. The molecule has 0 unspecified atom stereocenters. The van der Waals surface area contributed by atoms with Gasteiger partial charge in [0.15, 0.2) is 0 Å². The Morgan fingerprint density at radius 2 is 1.81 bits per heavy atom. The standard InChI is InChI=1S/C14H16N2/c1-2-3-12-4-5-13(10-14(12)15)11-6-8-16-9-7-11/h4-10H,2-3,15H2,1H3. The number of rotatable bonds is 3. The average molecular weight is 212 g/mol. The van der Waals surface area contributed by atoms with E-state index in [2.05, 4.69) is 24.0 Å². The van der Waals surface area contributed by atoms with E-state index in [1.165, 1.54) is 5.56 Å². The van der Waals surface area contributed by atoms with Gasteiger partial charge in [0.25, 0.3) is 0 Å². The van der Waals surface area contributed by atoms with E-state index in [0.29, 0.717) is 0 Å². The van der Waals surface area contributed by atoms with Crippen LogP contribution >= 0.6 is 0 Å². The lowest BCUT2D eigenvalue weighted by molar-refractivity contribution is 0.924. The monoisotopic (exact) mass is 212 g/mol. The number of aryl methyl sites for hydroxylation is 1. The minimum Gasteiger partial charge on any atom is -0.398 e. The molecule has 2 aromatic rings. The predicted molar refractivity (Wildman–Crippen MR) is 68.1 cm³/mol. The van der Waals surface area contributed by atoms with Crippen LogP contribution in [0.15, 0.2) is 42.7 Å². The highest BCUT2D eigenvalue weighted by Gasteiger charge is 2.01. The molecule has 0 saturated carbocycles. The van der Waals surface area contributed by atoms with E-state index < -0.39 is 0 Å². The van der Waals surface area contributed by atoms with Crippen molar-refractivity contribution in [2.24, 2.45) is 0 Å². The minimum absolute atomic E-state index is 0.885. The fourth-order valence-electron chi connectivity index (χ4n) is 1.82. The summed E-state index contributed by atoms with van der Waals surface area (Å²) in [6.07, 6.45) is 5.76. The van der Waals surface area contributed by atoms with Gasteiger partial charge in [-0.3, -0.25) is 4.98 Å². The van der Waals surface area contributed by atoms with Crippen LogP contribution in [-0.2, 0) is 6.42 Å². The van der Waals surface area contributed by atoms with E-state index >= 15 is 0 Å². The minimum atomic E-state index is 0.885. The number of aromatic nitrogens is 1. The normalized spacial score (nSPS) is 10.3. The molecule has 0 atom stereocenters. The third kappa shape index (κ3) is 2.22. The molecule has 16 heavy (non-hydrogen) atoms. The van der Waals surface area contributed by atoms with Gasteiger partial charge in [-0.15, -0.1) is 0 Å². The number of anilines is 1. The van der Waals surface area contributed by atoms with Crippen molar-refractivity contribution in [3.8, 4) is 11.1 Å². The van der Waals surface area contributed by atoms with Crippen LogP contribution in [0.3, 0.4) is 0 Å². The van der Waals surface area contributed by atoms with E-state index in [-0.39, 0.29) is 0 Å². The van der Waals surface area contributed by atoms with E-state index in [4.69, 9.17) is 5.73 Å². The van der Waals surface area contributed by atoms with Crippen molar-refractivity contribution in [2.45, 2.75) is 19.8 Å². The molecule has 2 heteroatoms. The molecule has 0 saturated heterocycles. The maximum Gasteiger partial charge on any atom is 0.0352 e. The van der Waals surface area contributed by atoms with Gasteiger partial charge in [0.05, 0.1) is 0 Å². The van der Waals surface area contributed by atoms with Crippen molar-refractivity contribution in [3.05, 3.63) is 48.3 Å². The zero-order valence-electron chi connectivity index (χ0n) is 9.48. The van der Waals surface area contributed by atoms with E-state index in [1.54, 1.807) is 12.4 Å². The molecule has 0 fully saturated rings. The van der Waals surface area contributed by atoms with Crippen LogP contribution < -0.4 is 5.73 Å². The van der Waals surface area contributed by atoms with Gasteiger partial charge in [0, 0.05) is 18.1 Å². The number of nitrogen functional groups attached to an aromatic ring is 1. The maximum atomic E-state index is 6.03. The lowest BCUT2D eigenvalue weighted by Crippen LogP contribution is -1.94. The Hall–Kier alpha value is -1.83. The number of nitrogens with zero attached hydrogens (tertiary/aromatic N) is 1. The van der Waals surface area contributed by atoms with Crippen molar-refractivity contribution < 1.29 is 0 Å². The van der Waals surface area contributed by atoms with Gasteiger partial charge in [0.2, 0.25) is 0 Å². The lowest BCUT2D eigenvalue weighted by Gasteiger charge is -2.07. The first kappa shape index (κ1) is 10.7. The third-order valence-electron chi connectivity index (χ3n) is 2.68. The molecule has 0 amide bonds. The highest BCUT2D eigenvalue weighted by Crippen LogP contribution is 2.24. The second-order valence-electron chi connectivity index (χ2n) is 3.90. The van der Waals surface area contributed by atoms with Crippen LogP contribution in [0.5, 0.6) is 0 Å². The van der Waals surface area contributed by atoms with Gasteiger partial charge >= 0.3 is 0 Å². The summed E-state index contributed by atoms with van der Waals surface area (Å²) in [5.41, 5.74) is 10.5. The summed E-state index contributed by atoms with van der Waals surface area (Å²) in [4.78, 5) is 4.01. The molecule has 0 spiro atoms. The molecule has 0 bridgehead atoms. The SMILES string of the molecule is CCCc1ccc(-c2ccncc2)cc1N. The van der Waals surface area contributed by atoms with Crippen LogP contribution in [0.4, 0.5) is 5.69 Å². The quantitative estimate of drug-likeness (QED) is 0.793. The summed E-state index contributed by atoms with van der Waals surface area (Å²) in [5.74, 6) is 0. The third-order valence-corrected chi connectivity index (χ3v) is 2.68. The molecule has 0 radical (unpaired) electrons. The highest BCUT2D eigenvalue weighted by molar-refractivity contribution is 5.68. The molecule has 0 aliphatic heterocycles. The second kappa shape index (κ2) is 4.79. The van der Waals surface area contributed by atoms with Crippen LogP contribution in [0, 0.1) is 0 Å². The topological polar surface area (TPSA) is 38.9 Å². The molecule has 82 valence electrons. The van der Waals surface area contributed by atoms with E-state index in [9.17, 15) is 0 Å². The molecule has 2 rings (SSSR count). The average Bonchev–Trinajstić information content (AvgIpc) is 2.33. The van der Waals surface area contributed by atoms with Crippen molar-refractivity contribution in [2.75, 3.05) is 5.73 Å². The fraction of sp³-hybridized carbons (Fsp3) is 0.214. The smallest absolute Gasteiger partial charge is 0.0352 e. The zero-order chi connectivity index (χ0) is 11.4. The molecular formula is C14H16N2. The van der Waals surface area contributed by atoms with Crippen LogP contribution in [0.25, 0.3) is 11.1 Å². The van der Waals surface area contributed by atoms with Gasteiger partial charge in [0.1, 0.15) is 0 Å². The number of nitrogens with two attached hydrogens (primary N) is 1. The predicted octanol–water partition coefficient (Wildman–Crippen LogP) is 3.28. The Labute approximate surface area is 96.1 Å². The fourth-order valence-corrected chi connectivity index (χ4v) is 1.82. The van der Waals surface area contributed by atoms with Gasteiger partial charge in [-0.25, -0.2) is 0 Å². The molecule has 1 heterocycles. The van der Waals surface area contributed by atoms with Crippen molar-refractivity contribution >= 4 is 5.69 Å². The highest BCUT2D eigenvalue weighted by atomic mass is 14.6. The number of pyridine rings is 1. The maximum absolute atomic E-state index is 6.03. The summed E-state index contributed by atoms with van der Waals surface area (Å²) in [7, 11) is 0. The number of hydrogen-bond acceptors (Lipinski definition) is 2. The largest absolute Gasteiger partial charge is 0.398 e. The number of hydrogen-bond donors (Lipinski definition) is 1. The van der Waals surface area contributed by atoms with Gasteiger partial charge < -0.3 is 5.73 Å². The molecule has 0 aliphatic rings. The van der Waals surface area contributed by atoms with Gasteiger partial charge in [-0.2, -0.15) is 0 Å². The molecule has 2 nitrogen and oxygen atoms in total. The number of benzene rings is 1. The molecule has 0 aliphatic carbocycles. The summed E-state index contributed by atoms with van der Waals surface area (Å²) in [6, 6.07) is 10.3. The van der Waals surface area contributed by atoms with Gasteiger partial charge in [-0.1, -0.05) is 25.5 Å². The summed E-state index contributed by atoms with van der Waals surface area (Å²) in [6.45, 7) is 2.16. The van der Waals surface area contributed by atoms with Crippen LogP contribution in [0.1, 0.15) is 18.9 Å². The molecule has 2 N–H and O–H groups in total. The Morgan fingerprint density at radius 1 is 1.06 bits per heavy atom. The molecule has 1 aromatic heterocycles. The first-order valence-electron chi connectivity index (χ1n) is 5.60. The van der Waals surface area contributed by atoms with Crippen LogP contribution in [-0.4, -0.2) is 4.98 Å². The first-order valence-corrected chi connectivity index (χ1v) is 5.60. The summed E-state index contributed by atoms with van der Waals surface area (Å²) in [5, 5.41) is 0. The van der Waals surface area contributed by atoms with Crippen molar-refractivity contribution in [3.63, 3.8) is 0 Å². The lowest BCUT2D eigenvalue weighted by atomic mass is 10.0. The molecular weight excluding hydrogens is 196 g/mol. The summed E-state index contributed by atoms with van der Waals surface area (Å²) >= 11 is 0. The van der Waals surface area contributed by atoms with Gasteiger partial charge in [-0.05, 0) is 41.3 Å².